The summed E-state index contributed by atoms with van der Waals surface area (Å²) in [6.45, 7) is 5.42. The molecule has 2 fully saturated rings. The Hall–Kier alpha value is -2.70. The van der Waals surface area contributed by atoms with Gasteiger partial charge in [0.2, 0.25) is 0 Å². The third-order valence-corrected chi connectivity index (χ3v) is 7.99. The molecule has 5 rings (SSSR count). The van der Waals surface area contributed by atoms with Gasteiger partial charge in [-0.3, -0.25) is 4.40 Å². The van der Waals surface area contributed by atoms with E-state index in [1.165, 1.54) is 0 Å². The monoisotopic (exact) mass is 476 g/mol. The molecular weight excluding hydrogens is 448 g/mol. The Morgan fingerprint density at radius 1 is 1.27 bits per heavy atom. The van der Waals surface area contributed by atoms with Crippen molar-refractivity contribution in [3.8, 4) is 0 Å². The number of aromatic nitrogens is 4. The molecule has 3 aromatic rings. The van der Waals surface area contributed by atoms with E-state index in [0.29, 0.717) is 26.2 Å². The lowest BCUT2D eigenvalue weighted by molar-refractivity contribution is 0.0800. The van der Waals surface area contributed by atoms with Crippen LogP contribution in [0.25, 0.3) is 16.8 Å². The molecule has 1 saturated heterocycles. The van der Waals surface area contributed by atoms with Crippen LogP contribution in [0, 0.1) is 5.92 Å². The number of imidazole rings is 1. The molecule has 3 aromatic heterocycles. The predicted octanol–water partition coefficient (Wildman–Crippen LogP) is 2.24. The standard InChI is InChI=1S/C21H28N6O5S/c1-3-7-31-13-25-5-4-17-20(25)23-12-19-22-11-18(27(17)19)16-10-15(9-14(16)2)24-33(29,30)26-6-8-32-21(26)28/h4-5,11-12,14-16,24H,3,6-10,13H2,1-2H3. The Labute approximate surface area is 191 Å². The van der Waals surface area contributed by atoms with Crippen LogP contribution in [0.15, 0.2) is 24.7 Å². The van der Waals surface area contributed by atoms with Crippen molar-refractivity contribution in [2.24, 2.45) is 5.92 Å². The molecule has 0 aromatic carbocycles. The summed E-state index contributed by atoms with van der Waals surface area (Å²) < 4.78 is 43.3. The fraction of sp³-hybridized carbons (Fsp3) is 0.571. The Balaban J connectivity index is 1.41. The third kappa shape index (κ3) is 3.96. The summed E-state index contributed by atoms with van der Waals surface area (Å²) in [6, 6.07) is 1.73. The van der Waals surface area contributed by atoms with Crippen LogP contribution in [-0.4, -0.2) is 63.6 Å². The average molecular weight is 477 g/mol. The number of rotatable bonds is 8. The lowest BCUT2D eigenvalue weighted by Crippen LogP contribution is -2.45. The zero-order chi connectivity index (χ0) is 23.2. The number of carbonyl (C=O) groups excluding carboxylic acids is 1. The summed E-state index contributed by atoms with van der Waals surface area (Å²) in [7, 11) is -3.93. The Morgan fingerprint density at radius 2 is 2.12 bits per heavy atom. The van der Waals surface area contributed by atoms with E-state index in [1.54, 1.807) is 6.20 Å². The SMILES string of the molecule is CCCOCn1ccc2c1ncc1ncc(C3CC(NS(=O)(=O)N4CCOC4=O)CC3C)n12. The van der Waals surface area contributed by atoms with Crippen molar-refractivity contribution in [2.75, 3.05) is 19.8 Å². The molecule has 178 valence electrons. The third-order valence-electron chi connectivity index (χ3n) is 6.44. The minimum Gasteiger partial charge on any atom is -0.447 e. The van der Waals surface area contributed by atoms with Crippen LogP contribution in [0.3, 0.4) is 0 Å². The number of nitrogens with zero attached hydrogens (tertiary/aromatic N) is 5. The molecule has 2 aliphatic rings. The van der Waals surface area contributed by atoms with Crippen LogP contribution in [0.1, 0.15) is 44.7 Å². The number of nitrogens with one attached hydrogen (secondary N) is 1. The molecule has 1 saturated carbocycles. The van der Waals surface area contributed by atoms with Gasteiger partial charge in [-0.25, -0.2) is 14.8 Å². The van der Waals surface area contributed by atoms with Gasteiger partial charge < -0.3 is 14.0 Å². The minimum absolute atomic E-state index is 0.0388. The first-order chi connectivity index (χ1) is 15.9. The second kappa shape index (κ2) is 8.58. The largest absolute Gasteiger partial charge is 0.447 e. The van der Waals surface area contributed by atoms with Crippen LogP contribution in [0.4, 0.5) is 4.79 Å². The van der Waals surface area contributed by atoms with Crippen LogP contribution >= 0.6 is 0 Å². The first-order valence-electron chi connectivity index (χ1n) is 11.2. The number of ether oxygens (including phenoxy) is 2. The molecule has 3 atom stereocenters. The topological polar surface area (TPSA) is 120 Å². The second-order valence-electron chi connectivity index (χ2n) is 8.73. The molecule has 0 bridgehead atoms. The zero-order valence-corrected chi connectivity index (χ0v) is 19.5. The average Bonchev–Trinajstić information content (AvgIpc) is 3.54. The van der Waals surface area contributed by atoms with Crippen LogP contribution in [0.5, 0.6) is 0 Å². The first-order valence-corrected chi connectivity index (χ1v) is 12.7. The molecule has 11 nitrogen and oxygen atoms in total. The number of hydrogen-bond acceptors (Lipinski definition) is 7. The quantitative estimate of drug-likeness (QED) is 0.495. The summed E-state index contributed by atoms with van der Waals surface area (Å²) in [5.74, 6) is 0.324. The van der Waals surface area contributed by atoms with E-state index in [9.17, 15) is 13.2 Å². The van der Waals surface area contributed by atoms with Crippen molar-refractivity contribution in [2.45, 2.75) is 51.8 Å². The van der Waals surface area contributed by atoms with E-state index in [4.69, 9.17) is 9.47 Å². The van der Waals surface area contributed by atoms with E-state index in [0.717, 1.165) is 33.2 Å². The van der Waals surface area contributed by atoms with Gasteiger partial charge in [0.25, 0.3) is 0 Å². The van der Waals surface area contributed by atoms with E-state index in [-0.39, 0.29) is 31.0 Å². The van der Waals surface area contributed by atoms with E-state index < -0.39 is 16.3 Å². The second-order valence-corrected chi connectivity index (χ2v) is 10.4. The maximum atomic E-state index is 12.7. The van der Waals surface area contributed by atoms with Gasteiger partial charge >= 0.3 is 16.3 Å². The van der Waals surface area contributed by atoms with Gasteiger partial charge in [0.15, 0.2) is 11.3 Å². The van der Waals surface area contributed by atoms with Gasteiger partial charge in [0.1, 0.15) is 13.3 Å². The van der Waals surface area contributed by atoms with Crippen molar-refractivity contribution < 1.29 is 22.7 Å². The fourth-order valence-corrected chi connectivity index (χ4v) is 6.23. The van der Waals surface area contributed by atoms with Crippen molar-refractivity contribution in [1.82, 2.24) is 28.0 Å². The molecule has 1 amide bonds. The highest BCUT2D eigenvalue weighted by Gasteiger charge is 2.40. The van der Waals surface area contributed by atoms with Gasteiger partial charge in [0.05, 0.1) is 18.3 Å². The molecule has 1 aliphatic carbocycles. The van der Waals surface area contributed by atoms with Gasteiger partial charge in [-0.15, -0.1) is 0 Å². The Kier molecular flexibility index (Phi) is 5.75. The predicted molar refractivity (Wildman–Crippen MR) is 120 cm³/mol. The highest BCUT2D eigenvalue weighted by molar-refractivity contribution is 7.87. The van der Waals surface area contributed by atoms with E-state index >= 15 is 0 Å². The lowest BCUT2D eigenvalue weighted by Gasteiger charge is -2.18. The maximum absolute atomic E-state index is 12.7. The van der Waals surface area contributed by atoms with Gasteiger partial charge in [-0.2, -0.15) is 17.4 Å². The van der Waals surface area contributed by atoms with Crippen molar-refractivity contribution in [3.63, 3.8) is 0 Å². The van der Waals surface area contributed by atoms with Crippen molar-refractivity contribution in [1.29, 1.82) is 0 Å². The molecule has 1 N–H and O–H groups in total. The molecule has 0 radical (unpaired) electrons. The summed E-state index contributed by atoms with van der Waals surface area (Å²) in [4.78, 5) is 20.9. The fourth-order valence-electron chi connectivity index (χ4n) is 4.92. The lowest BCUT2D eigenvalue weighted by atomic mass is 9.95. The number of amides is 1. The normalized spacial score (nSPS) is 23.8. The number of cyclic esters (lactones) is 1. The van der Waals surface area contributed by atoms with Crippen LogP contribution < -0.4 is 4.72 Å². The molecule has 4 heterocycles. The van der Waals surface area contributed by atoms with Gasteiger partial charge in [0, 0.05) is 36.7 Å². The van der Waals surface area contributed by atoms with Crippen LogP contribution in [-0.2, 0) is 26.4 Å². The van der Waals surface area contributed by atoms with Crippen molar-refractivity contribution >= 4 is 33.1 Å². The Bertz CT molecular complexity index is 1290. The van der Waals surface area contributed by atoms with Crippen LogP contribution in [0.2, 0.25) is 0 Å². The Morgan fingerprint density at radius 3 is 2.88 bits per heavy atom. The molecule has 33 heavy (non-hydrogen) atoms. The summed E-state index contributed by atoms with van der Waals surface area (Å²) in [5.41, 5.74) is 3.53. The molecular formula is C21H28N6O5S. The number of carbonyl (C=O) groups is 1. The summed E-state index contributed by atoms with van der Waals surface area (Å²) >= 11 is 0. The highest BCUT2D eigenvalue weighted by atomic mass is 32.2. The summed E-state index contributed by atoms with van der Waals surface area (Å²) in [6.07, 6.45) is 6.97. The molecule has 3 unspecified atom stereocenters. The number of fused-ring (bicyclic) bond motifs is 3. The smallest absolute Gasteiger partial charge is 0.424 e. The zero-order valence-electron chi connectivity index (χ0n) is 18.7. The maximum Gasteiger partial charge on any atom is 0.424 e. The van der Waals surface area contributed by atoms with Gasteiger partial charge in [-0.05, 0) is 31.2 Å². The first kappa shape index (κ1) is 22.1. The molecule has 0 spiro atoms. The summed E-state index contributed by atoms with van der Waals surface area (Å²) in [5, 5.41) is 0. The minimum atomic E-state index is -3.93. The van der Waals surface area contributed by atoms with E-state index in [2.05, 4.69) is 32.9 Å². The molecule has 12 heteroatoms. The van der Waals surface area contributed by atoms with Crippen molar-refractivity contribution in [3.05, 3.63) is 30.4 Å². The molecule has 1 aliphatic heterocycles. The number of hydrogen-bond donors (Lipinski definition) is 1. The highest BCUT2D eigenvalue weighted by Crippen LogP contribution is 2.40. The van der Waals surface area contributed by atoms with E-state index in [1.807, 2.05) is 23.0 Å². The van der Waals surface area contributed by atoms with Gasteiger partial charge in [-0.1, -0.05) is 13.8 Å².